The third-order valence-electron chi connectivity index (χ3n) is 6.01. The third kappa shape index (κ3) is 4.84. The number of rotatable bonds is 7. The molecule has 0 aliphatic heterocycles. The van der Waals surface area contributed by atoms with Crippen LogP contribution in [0.5, 0.6) is 0 Å². The van der Waals surface area contributed by atoms with Gasteiger partial charge in [0, 0.05) is 10.8 Å². The molecule has 0 saturated carbocycles. The first-order chi connectivity index (χ1) is 13.7. The number of thiophene rings is 1. The number of hydrogen-bond acceptors (Lipinski definition) is 6. The molecule has 2 aromatic heterocycles. The minimum Gasteiger partial charge on any atom is -0.316 e. The number of carbonyl (C=O) groups is 1. The number of hydrogen-bond donors (Lipinski definition) is 2. The first kappa shape index (κ1) is 21.8. The largest absolute Gasteiger partial charge is 0.316 e. The van der Waals surface area contributed by atoms with Crippen LogP contribution in [0.4, 0.5) is 5.00 Å². The normalized spacial score (nSPS) is 16.5. The Balaban J connectivity index is 1.67. The fraction of sp³-hybridized carbons (Fsp3) is 0.619. The molecule has 2 heterocycles. The van der Waals surface area contributed by atoms with Gasteiger partial charge in [0.1, 0.15) is 16.9 Å². The van der Waals surface area contributed by atoms with E-state index in [9.17, 15) is 10.1 Å². The summed E-state index contributed by atoms with van der Waals surface area (Å²) >= 11 is 2.87. The summed E-state index contributed by atoms with van der Waals surface area (Å²) in [6.45, 7) is 11.0. The van der Waals surface area contributed by atoms with Crippen molar-refractivity contribution in [2.24, 2.45) is 11.3 Å². The number of nitrogens with one attached hydrogen (secondary N) is 2. The Kier molecular flexibility index (Phi) is 6.69. The van der Waals surface area contributed by atoms with Crippen molar-refractivity contribution in [1.29, 1.82) is 5.26 Å². The van der Waals surface area contributed by atoms with Gasteiger partial charge in [0.2, 0.25) is 11.1 Å². The summed E-state index contributed by atoms with van der Waals surface area (Å²) in [5, 5.41) is 20.9. The van der Waals surface area contributed by atoms with Gasteiger partial charge >= 0.3 is 0 Å². The minimum atomic E-state index is -0.133. The molecule has 1 aliphatic rings. The van der Waals surface area contributed by atoms with Crippen molar-refractivity contribution in [1.82, 2.24) is 15.2 Å². The number of H-pyrrole nitrogens is 1. The molecule has 1 amide bonds. The molecule has 0 bridgehead atoms. The van der Waals surface area contributed by atoms with Gasteiger partial charge in [-0.1, -0.05) is 52.8 Å². The van der Waals surface area contributed by atoms with Gasteiger partial charge in [-0.15, -0.1) is 16.4 Å². The number of amides is 1. The van der Waals surface area contributed by atoms with Crippen molar-refractivity contribution in [3.63, 3.8) is 0 Å². The highest BCUT2D eigenvalue weighted by molar-refractivity contribution is 7.99. The molecular formula is C21H29N5OS2. The van der Waals surface area contributed by atoms with Gasteiger partial charge in [0.05, 0.1) is 11.3 Å². The van der Waals surface area contributed by atoms with Crippen molar-refractivity contribution in [3.05, 3.63) is 21.8 Å². The lowest BCUT2D eigenvalue weighted by atomic mass is 9.69. The minimum absolute atomic E-state index is 0.133. The average molecular weight is 432 g/mol. The summed E-state index contributed by atoms with van der Waals surface area (Å²) in [5.74, 6) is 1.78. The number of anilines is 1. The molecule has 1 aliphatic carbocycles. The van der Waals surface area contributed by atoms with E-state index in [4.69, 9.17) is 0 Å². The molecule has 1 unspecified atom stereocenters. The van der Waals surface area contributed by atoms with E-state index in [1.165, 1.54) is 16.6 Å². The number of thioether (sulfide) groups is 1. The highest BCUT2D eigenvalue weighted by Crippen LogP contribution is 2.45. The summed E-state index contributed by atoms with van der Waals surface area (Å²) < 4.78 is 0. The predicted octanol–water partition coefficient (Wildman–Crippen LogP) is 5.13. The average Bonchev–Trinajstić information content (AvgIpc) is 3.30. The van der Waals surface area contributed by atoms with Crippen LogP contribution in [0, 0.1) is 22.7 Å². The van der Waals surface area contributed by atoms with Crippen LogP contribution >= 0.6 is 23.1 Å². The molecule has 0 spiro atoms. The Labute approximate surface area is 180 Å². The zero-order valence-electron chi connectivity index (χ0n) is 17.8. The molecule has 29 heavy (non-hydrogen) atoms. The van der Waals surface area contributed by atoms with Gasteiger partial charge in [-0.25, -0.2) is 4.98 Å². The first-order valence-corrected chi connectivity index (χ1v) is 11.9. The summed E-state index contributed by atoms with van der Waals surface area (Å²) in [6.07, 6.45) is 4.16. The van der Waals surface area contributed by atoms with Gasteiger partial charge in [-0.2, -0.15) is 5.26 Å². The monoisotopic (exact) mass is 431 g/mol. The van der Waals surface area contributed by atoms with Crippen LogP contribution in [-0.4, -0.2) is 26.8 Å². The Morgan fingerprint density at radius 1 is 1.48 bits per heavy atom. The molecule has 0 saturated heterocycles. The number of aromatic nitrogens is 3. The number of carbonyl (C=O) groups excluding carboxylic acids is 1. The van der Waals surface area contributed by atoms with Crippen LogP contribution in [0.2, 0.25) is 0 Å². The maximum Gasteiger partial charge on any atom is 0.235 e. The van der Waals surface area contributed by atoms with Gasteiger partial charge < -0.3 is 5.32 Å². The first-order valence-electron chi connectivity index (χ1n) is 10.1. The Hall–Kier alpha value is -1.85. The van der Waals surface area contributed by atoms with Crippen molar-refractivity contribution < 1.29 is 4.79 Å². The van der Waals surface area contributed by atoms with Gasteiger partial charge in [0.15, 0.2) is 0 Å². The van der Waals surface area contributed by atoms with Crippen molar-refractivity contribution >= 4 is 34.0 Å². The molecule has 6 nitrogen and oxygen atoms in total. The molecule has 1 atom stereocenters. The maximum atomic E-state index is 12.5. The topological polar surface area (TPSA) is 94.5 Å². The fourth-order valence-corrected chi connectivity index (χ4v) is 5.52. The zero-order valence-corrected chi connectivity index (χ0v) is 19.4. The molecule has 3 rings (SSSR count). The number of fused-ring (bicyclic) bond motifs is 1. The summed E-state index contributed by atoms with van der Waals surface area (Å²) in [5.41, 5.74) is 2.08. The van der Waals surface area contributed by atoms with E-state index in [1.807, 2.05) is 13.8 Å². The van der Waals surface area contributed by atoms with Gasteiger partial charge in [-0.05, 0) is 36.2 Å². The molecule has 0 radical (unpaired) electrons. The maximum absolute atomic E-state index is 12.5. The Bertz CT molecular complexity index is 922. The molecule has 156 valence electrons. The van der Waals surface area contributed by atoms with Crippen molar-refractivity contribution in [2.75, 3.05) is 11.1 Å². The van der Waals surface area contributed by atoms with E-state index in [2.05, 4.69) is 47.3 Å². The molecule has 8 heteroatoms. The Morgan fingerprint density at radius 2 is 2.24 bits per heavy atom. The van der Waals surface area contributed by atoms with E-state index in [-0.39, 0.29) is 17.6 Å². The highest BCUT2D eigenvalue weighted by atomic mass is 32.2. The lowest BCUT2D eigenvalue weighted by Gasteiger charge is -2.36. The second-order valence-corrected chi connectivity index (χ2v) is 10.6. The molecule has 2 N–H and O–H groups in total. The molecular weight excluding hydrogens is 402 g/mol. The number of nitriles is 1. The smallest absolute Gasteiger partial charge is 0.235 e. The van der Waals surface area contributed by atoms with Gasteiger partial charge in [0.25, 0.3) is 0 Å². The third-order valence-corrected chi connectivity index (χ3v) is 8.02. The number of aromatic amines is 1. The summed E-state index contributed by atoms with van der Waals surface area (Å²) in [6, 6.07) is 2.33. The second kappa shape index (κ2) is 8.88. The predicted molar refractivity (Wildman–Crippen MR) is 118 cm³/mol. The molecule has 0 fully saturated rings. The van der Waals surface area contributed by atoms with Crippen LogP contribution in [0.3, 0.4) is 0 Å². The standard InChI is InChI=1S/C21H29N5OS2/c1-6-21(4,5)13-7-8-14-15(10-22)19(29-16(14)9-13)23-17(27)11-28-20-24-18(12(2)3)25-26-20/h12-13H,6-9,11H2,1-5H3,(H,23,27)(H,24,25,26). The SMILES string of the molecule is CCC(C)(C)C1CCc2c(sc(NC(=O)CSc3n[nH]c(C(C)C)n3)c2C#N)C1. The zero-order chi connectivity index (χ0) is 21.2. The lowest BCUT2D eigenvalue weighted by Crippen LogP contribution is -2.28. The molecule has 0 aromatic carbocycles. The van der Waals surface area contributed by atoms with Crippen molar-refractivity contribution in [3.8, 4) is 6.07 Å². The second-order valence-electron chi connectivity index (χ2n) is 8.60. The van der Waals surface area contributed by atoms with E-state index in [0.717, 1.165) is 37.1 Å². The van der Waals surface area contributed by atoms with E-state index >= 15 is 0 Å². The van der Waals surface area contributed by atoms with Crippen LogP contribution in [-0.2, 0) is 17.6 Å². The summed E-state index contributed by atoms with van der Waals surface area (Å²) in [4.78, 5) is 18.1. The molecule has 2 aromatic rings. The van der Waals surface area contributed by atoms with Crippen LogP contribution in [0.15, 0.2) is 5.16 Å². The van der Waals surface area contributed by atoms with Crippen molar-refractivity contribution in [2.45, 2.75) is 71.4 Å². The van der Waals surface area contributed by atoms with Gasteiger partial charge in [-0.3, -0.25) is 9.89 Å². The fourth-order valence-electron chi connectivity index (χ4n) is 3.62. The van der Waals surface area contributed by atoms with Crippen LogP contribution in [0.25, 0.3) is 0 Å². The Morgan fingerprint density at radius 3 is 2.86 bits per heavy atom. The van der Waals surface area contributed by atoms with E-state index in [0.29, 0.717) is 27.1 Å². The lowest BCUT2D eigenvalue weighted by molar-refractivity contribution is -0.113. The van der Waals surface area contributed by atoms with Crippen LogP contribution < -0.4 is 5.32 Å². The van der Waals surface area contributed by atoms with E-state index in [1.54, 1.807) is 11.3 Å². The summed E-state index contributed by atoms with van der Waals surface area (Å²) in [7, 11) is 0. The number of nitrogens with zero attached hydrogens (tertiary/aromatic N) is 3. The highest BCUT2D eigenvalue weighted by Gasteiger charge is 2.34. The van der Waals surface area contributed by atoms with Crippen LogP contribution in [0.1, 0.15) is 75.2 Å². The quantitative estimate of drug-likeness (QED) is 0.592. The van der Waals surface area contributed by atoms with E-state index < -0.39 is 0 Å².